The normalized spacial score (nSPS) is 35.3. The van der Waals surface area contributed by atoms with Crippen molar-refractivity contribution in [3.05, 3.63) is 18.5 Å². The molecule has 0 unspecified atom stereocenters. The summed E-state index contributed by atoms with van der Waals surface area (Å²) in [6.45, 7) is 0. The fraction of sp³-hybridized carbons (Fsp3) is 0.636. The average molecular weight is 288 g/mol. The zero-order chi connectivity index (χ0) is 13.8. The largest absolute Gasteiger partial charge is 0.388 e. The number of aliphatic hydroxyl groups excluding tert-OH is 3. The molecule has 0 amide bonds. The first-order valence-electron chi connectivity index (χ1n) is 5.75. The number of methoxy groups -OCH3 is 1. The molecule has 0 saturated carbocycles. The summed E-state index contributed by atoms with van der Waals surface area (Å²) in [5.41, 5.74) is 0. The van der Waals surface area contributed by atoms with Crippen molar-refractivity contribution in [2.24, 2.45) is 0 Å². The number of hydrogen-bond donors (Lipinski definition) is 3. The monoisotopic (exact) mass is 288 g/mol. The second-order valence-electron chi connectivity index (χ2n) is 4.09. The van der Waals surface area contributed by atoms with E-state index in [2.05, 4.69) is 9.97 Å². The van der Waals surface area contributed by atoms with Crippen molar-refractivity contribution in [3.63, 3.8) is 0 Å². The van der Waals surface area contributed by atoms with E-state index in [1.165, 1.54) is 18.9 Å². The second kappa shape index (κ2) is 6.60. The number of nitrogens with zero attached hydrogens (tertiary/aromatic N) is 2. The van der Waals surface area contributed by atoms with Crippen molar-refractivity contribution < 1.29 is 24.8 Å². The Balaban J connectivity index is 1.95. The molecule has 3 N–H and O–H groups in total. The summed E-state index contributed by atoms with van der Waals surface area (Å²) in [7, 11) is 1.36. The first kappa shape index (κ1) is 14.6. The van der Waals surface area contributed by atoms with Crippen molar-refractivity contribution in [2.45, 2.75) is 35.9 Å². The molecule has 0 aliphatic carbocycles. The van der Waals surface area contributed by atoms with Gasteiger partial charge in [0.1, 0.15) is 18.3 Å². The molecule has 1 fully saturated rings. The molecule has 2 rings (SSSR count). The minimum atomic E-state index is -1.30. The van der Waals surface area contributed by atoms with E-state index >= 15 is 0 Å². The number of thioether (sulfide) groups is 1. The lowest BCUT2D eigenvalue weighted by molar-refractivity contribution is -0.284. The molecule has 1 aromatic heterocycles. The van der Waals surface area contributed by atoms with Crippen LogP contribution in [0.3, 0.4) is 0 Å². The zero-order valence-corrected chi connectivity index (χ0v) is 11.1. The number of aromatic nitrogens is 2. The molecule has 1 aliphatic rings. The van der Waals surface area contributed by atoms with E-state index in [4.69, 9.17) is 9.47 Å². The Kier molecular flexibility index (Phi) is 5.08. The van der Waals surface area contributed by atoms with Crippen molar-refractivity contribution in [1.82, 2.24) is 9.97 Å². The first-order chi connectivity index (χ1) is 9.13. The van der Waals surface area contributed by atoms with Crippen LogP contribution in [0.15, 0.2) is 23.6 Å². The number of aliphatic hydroxyl groups is 3. The highest BCUT2D eigenvalue weighted by molar-refractivity contribution is 7.99. The topological polar surface area (TPSA) is 105 Å². The van der Waals surface area contributed by atoms with Crippen LogP contribution in [0.25, 0.3) is 0 Å². The third-order valence-corrected chi connectivity index (χ3v) is 3.78. The molecule has 0 bridgehead atoms. The van der Waals surface area contributed by atoms with Gasteiger partial charge in [-0.05, 0) is 6.07 Å². The quantitative estimate of drug-likeness (QED) is 0.480. The summed E-state index contributed by atoms with van der Waals surface area (Å²) in [6, 6.07) is 1.71. The number of rotatable bonds is 4. The maximum atomic E-state index is 9.85. The van der Waals surface area contributed by atoms with Crippen LogP contribution in [0.5, 0.6) is 0 Å². The van der Waals surface area contributed by atoms with Crippen LogP contribution in [0.1, 0.15) is 0 Å². The fourth-order valence-corrected chi connectivity index (χ4v) is 2.63. The van der Waals surface area contributed by atoms with Crippen LogP contribution in [-0.4, -0.2) is 68.9 Å². The van der Waals surface area contributed by atoms with Gasteiger partial charge in [0.25, 0.3) is 0 Å². The van der Waals surface area contributed by atoms with Gasteiger partial charge >= 0.3 is 0 Å². The highest BCUT2D eigenvalue weighted by atomic mass is 32.2. The van der Waals surface area contributed by atoms with Crippen LogP contribution < -0.4 is 0 Å². The smallest absolute Gasteiger partial charge is 0.187 e. The van der Waals surface area contributed by atoms with Gasteiger partial charge in [0.05, 0.1) is 6.10 Å². The maximum absolute atomic E-state index is 9.85. The molecule has 19 heavy (non-hydrogen) atoms. The lowest BCUT2D eigenvalue weighted by Crippen LogP contribution is -2.58. The van der Waals surface area contributed by atoms with Gasteiger partial charge in [-0.15, -0.1) is 0 Å². The fourth-order valence-electron chi connectivity index (χ4n) is 1.77. The molecule has 5 atom stereocenters. The third-order valence-electron chi connectivity index (χ3n) is 2.82. The Morgan fingerprint density at radius 1 is 1.21 bits per heavy atom. The third kappa shape index (κ3) is 3.41. The first-order valence-corrected chi connectivity index (χ1v) is 6.74. The Labute approximate surface area is 114 Å². The van der Waals surface area contributed by atoms with Crippen molar-refractivity contribution in [2.75, 3.05) is 12.9 Å². The highest BCUT2D eigenvalue weighted by Crippen LogP contribution is 2.25. The summed E-state index contributed by atoms with van der Waals surface area (Å²) in [5, 5.41) is 29.7. The molecule has 1 saturated heterocycles. The van der Waals surface area contributed by atoms with Gasteiger partial charge in [-0.1, -0.05) is 11.8 Å². The Morgan fingerprint density at radius 2 is 1.89 bits per heavy atom. The van der Waals surface area contributed by atoms with Gasteiger partial charge in [0.2, 0.25) is 0 Å². The molecular weight excluding hydrogens is 272 g/mol. The molecule has 0 aromatic carbocycles. The lowest BCUT2D eigenvalue weighted by Gasteiger charge is -2.39. The lowest BCUT2D eigenvalue weighted by atomic mass is 10.00. The molecule has 0 radical (unpaired) electrons. The van der Waals surface area contributed by atoms with E-state index in [9.17, 15) is 15.3 Å². The van der Waals surface area contributed by atoms with E-state index in [1.807, 2.05) is 0 Å². The SMILES string of the molecule is CO[C@H]1O[C@H](CSc2ncccn2)[C@@H](O)[C@H](O)[C@H]1O. The minimum absolute atomic E-state index is 0.342. The number of ether oxygens (including phenoxy) is 2. The highest BCUT2D eigenvalue weighted by Gasteiger charge is 2.43. The molecule has 7 nitrogen and oxygen atoms in total. The molecule has 1 aliphatic heterocycles. The summed E-state index contributed by atoms with van der Waals surface area (Å²) in [4.78, 5) is 8.07. The van der Waals surface area contributed by atoms with E-state index in [0.717, 1.165) is 0 Å². The molecule has 0 spiro atoms. The predicted octanol–water partition coefficient (Wildman–Crippen LogP) is -0.977. The van der Waals surface area contributed by atoms with Crippen LogP contribution in [0.4, 0.5) is 0 Å². The van der Waals surface area contributed by atoms with Crippen LogP contribution >= 0.6 is 11.8 Å². The van der Waals surface area contributed by atoms with Crippen molar-refractivity contribution in [3.8, 4) is 0 Å². The van der Waals surface area contributed by atoms with Gasteiger partial charge in [-0.2, -0.15) is 0 Å². The summed E-state index contributed by atoms with van der Waals surface area (Å²) in [5.74, 6) is 0.342. The van der Waals surface area contributed by atoms with Crippen LogP contribution in [0, 0.1) is 0 Å². The zero-order valence-electron chi connectivity index (χ0n) is 10.3. The summed E-state index contributed by atoms with van der Waals surface area (Å²) >= 11 is 1.29. The Hall–Kier alpha value is -0.770. The van der Waals surface area contributed by atoms with E-state index in [0.29, 0.717) is 10.9 Å². The van der Waals surface area contributed by atoms with Crippen molar-refractivity contribution >= 4 is 11.8 Å². The summed E-state index contributed by atoms with van der Waals surface area (Å²) < 4.78 is 10.3. The number of hydrogen-bond acceptors (Lipinski definition) is 8. The molecular formula is C11H16N2O5S. The molecule has 2 heterocycles. The standard InChI is InChI=1S/C11H16N2O5S/c1-17-10-9(16)8(15)7(14)6(18-10)5-19-11-12-3-2-4-13-11/h2-4,6-10,14-16H,5H2,1H3/t6-,7-,8+,9-,10+/m1/s1. The predicted molar refractivity (Wildman–Crippen MR) is 66.4 cm³/mol. The van der Waals surface area contributed by atoms with Crippen LogP contribution in [0.2, 0.25) is 0 Å². The van der Waals surface area contributed by atoms with Gasteiger partial charge < -0.3 is 24.8 Å². The Bertz CT molecular complexity index is 394. The summed E-state index contributed by atoms with van der Waals surface area (Å²) in [6.07, 6.45) is -2.15. The van der Waals surface area contributed by atoms with Crippen LogP contribution in [-0.2, 0) is 9.47 Å². The van der Waals surface area contributed by atoms with Crippen molar-refractivity contribution in [1.29, 1.82) is 0 Å². The minimum Gasteiger partial charge on any atom is -0.388 e. The maximum Gasteiger partial charge on any atom is 0.187 e. The molecule has 1 aromatic rings. The van der Waals surface area contributed by atoms with E-state index in [-0.39, 0.29) is 0 Å². The Morgan fingerprint density at radius 3 is 2.53 bits per heavy atom. The van der Waals surface area contributed by atoms with Gasteiger partial charge in [0, 0.05) is 25.3 Å². The van der Waals surface area contributed by atoms with Gasteiger partial charge in [0.15, 0.2) is 11.4 Å². The van der Waals surface area contributed by atoms with Gasteiger partial charge in [-0.3, -0.25) is 0 Å². The van der Waals surface area contributed by atoms with E-state index < -0.39 is 30.7 Å². The molecule has 8 heteroatoms. The average Bonchev–Trinajstić information content (AvgIpc) is 2.45. The van der Waals surface area contributed by atoms with Gasteiger partial charge in [-0.25, -0.2) is 9.97 Å². The second-order valence-corrected chi connectivity index (χ2v) is 5.08. The van der Waals surface area contributed by atoms with E-state index in [1.54, 1.807) is 18.5 Å². The molecule has 106 valence electrons.